The Morgan fingerprint density at radius 2 is 2.00 bits per heavy atom. The third kappa shape index (κ3) is 5.72. The van der Waals surface area contributed by atoms with E-state index >= 15 is 0 Å². The molecule has 0 saturated carbocycles. The summed E-state index contributed by atoms with van der Waals surface area (Å²) in [5.41, 5.74) is 0. The average Bonchev–Trinajstić information content (AvgIpc) is 3.45. The molecule has 0 spiro atoms. The Hall–Kier alpha value is -1.61. The molecule has 3 heterocycles. The summed E-state index contributed by atoms with van der Waals surface area (Å²) in [7, 11) is 0. The molecule has 3 rings (SSSR count). The normalized spacial score (nSPS) is 30.9. The van der Waals surface area contributed by atoms with Gasteiger partial charge in [-0.15, -0.1) is 0 Å². The summed E-state index contributed by atoms with van der Waals surface area (Å²) in [5, 5.41) is 7.35. The highest BCUT2D eigenvalue weighted by atomic mass is 19.3. The Labute approximate surface area is 170 Å². The van der Waals surface area contributed by atoms with Crippen molar-refractivity contribution < 1.29 is 27.8 Å². The first kappa shape index (κ1) is 22.1. The predicted molar refractivity (Wildman–Crippen MR) is 102 cm³/mol. The van der Waals surface area contributed by atoms with Gasteiger partial charge in [-0.05, 0) is 43.4 Å². The summed E-state index contributed by atoms with van der Waals surface area (Å²) in [4.78, 5) is 28.0. The fourth-order valence-electron chi connectivity index (χ4n) is 4.78. The molecule has 0 aliphatic carbocycles. The van der Waals surface area contributed by atoms with Gasteiger partial charge in [0.1, 0.15) is 12.7 Å². The number of nitrogens with zero attached hydrogens (tertiary/aromatic N) is 2. The number of hydrogen-bond donors (Lipinski definition) is 1. The van der Waals surface area contributed by atoms with E-state index in [1.54, 1.807) is 4.90 Å². The smallest absolute Gasteiger partial charge is 0.345 e. The molecule has 7 nitrogen and oxygen atoms in total. The molecule has 5 atom stereocenters. The van der Waals surface area contributed by atoms with Gasteiger partial charge in [-0.2, -0.15) is 8.78 Å². The van der Waals surface area contributed by atoms with Crippen molar-refractivity contribution in [2.75, 3.05) is 39.4 Å². The van der Waals surface area contributed by atoms with Gasteiger partial charge in [-0.25, -0.2) is 0 Å². The number of carbonyl (C=O) groups excluding carboxylic acids is 2. The van der Waals surface area contributed by atoms with E-state index in [1.165, 1.54) is 6.21 Å². The highest BCUT2D eigenvalue weighted by molar-refractivity contribution is 5.82. The van der Waals surface area contributed by atoms with Crippen LogP contribution in [0, 0.1) is 29.1 Å². The van der Waals surface area contributed by atoms with Crippen molar-refractivity contribution in [2.45, 2.75) is 45.3 Å². The topological polar surface area (TPSA) is 82.9 Å². The van der Waals surface area contributed by atoms with E-state index in [4.69, 9.17) is 10.1 Å². The average molecular weight is 415 g/mol. The first-order chi connectivity index (χ1) is 13.9. The largest absolute Gasteiger partial charge is 0.368 e. The second-order valence-electron chi connectivity index (χ2n) is 8.60. The van der Waals surface area contributed by atoms with Crippen LogP contribution in [0.5, 0.6) is 0 Å². The Morgan fingerprint density at radius 3 is 2.69 bits per heavy atom. The van der Waals surface area contributed by atoms with Gasteiger partial charge in [0, 0.05) is 38.3 Å². The van der Waals surface area contributed by atoms with Crippen molar-refractivity contribution in [2.24, 2.45) is 23.7 Å². The first-order valence-electron chi connectivity index (χ1n) is 10.5. The number of amides is 2. The number of carbonyl (C=O) groups is 2. The van der Waals surface area contributed by atoms with E-state index < -0.39 is 13.2 Å². The maximum absolute atomic E-state index is 12.6. The Kier molecular flexibility index (Phi) is 7.56. The van der Waals surface area contributed by atoms with E-state index in [0.717, 1.165) is 19.3 Å². The van der Waals surface area contributed by atoms with Crippen LogP contribution in [-0.4, -0.2) is 79.9 Å². The fourth-order valence-corrected chi connectivity index (χ4v) is 4.78. The van der Waals surface area contributed by atoms with E-state index in [2.05, 4.69) is 11.7 Å². The highest BCUT2D eigenvalue weighted by Crippen LogP contribution is 2.33. The molecule has 2 amide bonds. The van der Waals surface area contributed by atoms with Gasteiger partial charge in [0.05, 0.1) is 6.61 Å². The number of likely N-dealkylation sites (tertiary alicyclic amines) is 2. The molecule has 0 aromatic rings. The molecule has 3 aliphatic heterocycles. The Balaban J connectivity index is 1.40. The minimum atomic E-state index is -2.93. The van der Waals surface area contributed by atoms with Crippen LogP contribution in [0.15, 0.2) is 0 Å². The molecule has 0 radical (unpaired) electrons. The Bertz CT molecular complexity index is 606. The van der Waals surface area contributed by atoms with Gasteiger partial charge in [0.2, 0.25) is 5.91 Å². The van der Waals surface area contributed by atoms with Crippen LogP contribution in [0.2, 0.25) is 0 Å². The van der Waals surface area contributed by atoms with Crippen molar-refractivity contribution >= 4 is 18.0 Å². The zero-order valence-corrected chi connectivity index (χ0v) is 16.9. The molecule has 5 unspecified atom stereocenters. The summed E-state index contributed by atoms with van der Waals surface area (Å²) in [5.74, 6) is 0.819. The van der Waals surface area contributed by atoms with Gasteiger partial charge in [0.15, 0.2) is 0 Å². The third-order valence-corrected chi connectivity index (χ3v) is 6.55. The van der Waals surface area contributed by atoms with Crippen LogP contribution in [0.4, 0.5) is 8.78 Å². The lowest BCUT2D eigenvalue weighted by Gasteiger charge is -2.23. The van der Waals surface area contributed by atoms with Crippen molar-refractivity contribution in [1.29, 1.82) is 5.41 Å². The molecule has 29 heavy (non-hydrogen) atoms. The quantitative estimate of drug-likeness (QED) is 0.615. The molecular formula is C20H31F2N3O4. The third-order valence-electron chi connectivity index (χ3n) is 6.55. The lowest BCUT2D eigenvalue weighted by Crippen LogP contribution is -2.37. The van der Waals surface area contributed by atoms with Crippen LogP contribution in [0.3, 0.4) is 0 Å². The summed E-state index contributed by atoms with van der Waals surface area (Å²) >= 11 is 0. The zero-order valence-electron chi connectivity index (χ0n) is 16.9. The molecule has 164 valence electrons. The SMILES string of the molecule is CC(CC1COC(C(=O)N2CCC(C=N)C2)C1)C1CCN(C(=O)COC(F)F)C1. The van der Waals surface area contributed by atoms with Crippen LogP contribution in [0.1, 0.15) is 32.6 Å². The zero-order chi connectivity index (χ0) is 21.0. The predicted octanol–water partition coefficient (Wildman–Crippen LogP) is 2.00. The standard InChI is InChI=1S/C20H31F2N3O4/c1-13(16-3-5-24(10-16)18(26)12-29-20(21)22)6-15-7-17(28-11-15)19(27)25-4-2-14(8-23)9-25/h8,13-17,20,23H,2-7,9-12H2,1H3. The van der Waals surface area contributed by atoms with Gasteiger partial charge in [-0.3, -0.25) is 9.59 Å². The van der Waals surface area contributed by atoms with Gasteiger partial charge >= 0.3 is 6.61 Å². The van der Waals surface area contributed by atoms with Crippen LogP contribution in [-0.2, 0) is 19.1 Å². The van der Waals surface area contributed by atoms with Crippen molar-refractivity contribution in [3.05, 3.63) is 0 Å². The first-order valence-corrected chi connectivity index (χ1v) is 10.5. The van der Waals surface area contributed by atoms with Crippen molar-refractivity contribution in [1.82, 2.24) is 9.80 Å². The molecule has 0 bridgehead atoms. The number of rotatable bonds is 8. The summed E-state index contributed by atoms with van der Waals surface area (Å²) in [6.45, 7) is 1.68. The number of halogens is 2. The minimum absolute atomic E-state index is 0.0428. The number of hydrogen-bond acceptors (Lipinski definition) is 5. The van der Waals surface area contributed by atoms with Crippen LogP contribution < -0.4 is 0 Å². The van der Waals surface area contributed by atoms with Crippen molar-refractivity contribution in [3.8, 4) is 0 Å². The molecular weight excluding hydrogens is 384 g/mol. The molecule has 1 N–H and O–H groups in total. The van der Waals surface area contributed by atoms with Gasteiger partial charge in [0.25, 0.3) is 5.91 Å². The number of ether oxygens (including phenoxy) is 2. The van der Waals surface area contributed by atoms with E-state index in [-0.39, 0.29) is 23.8 Å². The van der Waals surface area contributed by atoms with Crippen LogP contribution in [0.25, 0.3) is 0 Å². The van der Waals surface area contributed by atoms with Gasteiger partial charge < -0.3 is 24.7 Å². The second-order valence-corrected chi connectivity index (χ2v) is 8.60. The Morgan fingerprint density at radius 1 is 1.24 bits per heavy atom. The molecule has 9 heteroatoms. The number of nitrogens with one attached hydrogen (secondary N) is 1. The van der Waals surface area contributed by atoms with E-state index in [9.17, 15) is 18.4 Å². The molecule has 0 aromatic heterocycles. The number of alkyl halides is 2. The minimum Gasteiger partial charge on any atom is -0.368 e. The lowest BCUT2D eigenvalue weighted by atomic mass is 9.84. The summed E-state index contributed by atoms with van der Waals surface area (Å²) < 4.78 is 34.1. The highest BCUT2D eigenvalue weighted by Gasteiger charge is 2.38. The maximum atomic E-state index is 12.6. The van der Waals surface area contributed by atoms with Crippen LogP contribution >= 0.6 is 0 Å². The van der Waals surface area contributed by atoms with E-state index in [1.807, 2.05) is 4.90 Å². The molecule has 3 saturated heterocycles. The monoisotopic (exact) mass is 415 g/mol. The second kappa shape index (κ2) is 9.93. The molecule has 3 aliphatic rings. The lowest BCUT2D eigenvalue weighted by molar-refractivity contribution is -0.159. The maximum Gasteiger partial charge on any atom is 0.345 e. The fraction of sp³-hybridized carbons (Fsp3) is 0.850. The summed E-state index contributed by atoms with van der Waals surface area (Å²) in [6, 6.07) is 0. The molecule has 0 aromatic carbocycles. The molecule has 3 fully saturated rings. The van der Waals surface area contributed by atoms with Gasteiger partial charge in [-0.1, -0.05) is 6.92 Å². The van der Waals surface area contributed by atoms with E-state index in [0.29, 0.717) is 57.0 Å². The van der Waals surface area contributed by atoms with Crippen molar-refractivity contribution in [3.63, 3.8) is 0 Å². The summed E-state index contributed by atoms with van der Waals surface area (Å²) in [6.07, 6.45) is 4.38.